The third-order valence-corrected chi connectivity index (χ3v) is 2.17. The highest BCUT2D eigenvalue weighted by Gasteiger charge is 2.49. The van der Waals surface area contributed by atoms with Gasteiger partial charge < -0.3 is 14.8 Å². The Balaban J connectivity index is 2.43. The largest absolute Gasteiger partial charge is 0.354 e. The van der Waals surface area contributed by atoms with Gasteiger partial charge in [-0.2, -0.15) is 0 Å². The number of nitrogens with one attached hydrogen (secondary N) is 1. The van der Waals surface area contributed by atoms with Gasteiger partial charge in [-0.1, -0.05) is 0 Å². The first kappa shape index (κ1) is 7.98. The molecule has 0 unspecified atom stereocenters. The zero-order chi connectivity index (χ0) is 7.61. The lowest BCUT2D eigenvalue weighted by Gasteiger charge is -2.23. The molecule has 1 N–H and O–H groups in total. The van der Waals surface area contributed by atoms with Gasteiger partial charge in [-0.15, -0.1) is 0 Å². The smallest absolute Gasteiger partial charge is 0.174 e. The molecular weight excluding hydrogens is 130 g/mol. The maximum absolute atomic E-state index is 5.13. The minimum absolute atomic E-state index is 0.0856. The fraction of sp³-hybridized carbons (Fsp3) is 1.00. The number of rotatable bonds is 4. The van der Waals surface area contributed by atoms with Crippen molar-refractivity contribution in [3.8, 4) is 0 Å². The SMILES string of the molecule is CNC1(C(OC)OC)CC1. The van der Waals surface area contributed by atoms with E-state index in [1.54, 1.807) is 14.2 Å². The van der Waals surface area contributed by atoms with Crippen LogP contribution in [0.25, 0.3) is 0 Å². The van der Waals surface area contributed by atoms with Gasteiger partial charge in [-0.05, 0) is 19.9 Å². The van der Waals surface area contributed by atoms with Crippen LogP contribution in [0.4, 0.5) is 0 Å². The number of hydrogen-bond donors (Lipinski definition) is 1. The van der Waals surface area contributed by atoms with Crippen LogP contribution in [-0.2, 0) is 9.47 Å². The molecule has 0 aromatic heterocycles. The summed E-state index contributed by atoms with van der Waals surface area (Å²) in [5.74, 6) is 0. The van der Waals surface area contributed by atoms with Gasteiger partial charge in [0.05, 0.1) is 5.54 Å². The molecule has 1 saturated carbocycles. The molecule has 0 bridgehead atoms. The Kier molecular flexibility index (Phi) is 2.28. The predicted octanol–water partition coefficient (Wildman–Crippen LogP) is 0.357. The third kappa shape index (κ3) is 1.17. The zero-order valence-electron chi connectivity index (χ0n) is 6.81. The van der Waals surface area contributed by atoms with E-state index in [0.29, 0.717) is 0 Å². The molecular formula is C7H15NO2. The van der Waals surface area contributed by atoms with E-state index < -0.39 is 0 Å². The Bertz CT molecular complexity index is 108. The second-order valence-corrected chi connectivity index (χ2v) is 2.71. The summed E-state index contributed by atoms with van der Waals surface area (Å²) in [5.41, 5.74) is 0.115. The molecule has 1 rings (SSSR count). The minimum atomic E-state index is -0.0856. The molecule has 0 atom stereocenters. The maximum atomic E-state index is 5.13. The van der Waals surface area contributed by atoms with Crippen LogP contribution in [0.15, 0.2) is 0 Å². The van der Waals surface area contributed by atoms with Crippen molar-refractivity contribution < 1.29 is 9.47 Å². The minimum Gasteiger partial charge on any atom is -0.354 e. The van der Waals surface area contributed by atoms with Crippen LogP contribution in [0, 0.1) is 0 Å². The number of methoxy groups -OCH3 is 2. The number of hydrogen-bond acceptors (Lipinski definition) is 3. The molecule has 0 amide bonds. The molecule has 10 heavy (non-hydrogen) atoms. The van der Waals surface area contributed by atoms with Crippen LogP contribution in [0.5, 0.6) is 0 Å². The molecule has 0 saturated heterocycles. The average molecular weight is 145 g/mol. The second kappa shape index (κ2) is 2.86. The van der Waals surface area contributed by atoms with E-state index in [4.69, 9.17) is 9.47 Å². The summed E-state index contributed by atoms with van der Waals surface area (Å²) in [4.78, 5) is 0. The van der Waals surface area contributed by atoms with Gasteiger partial charge in [0.2, 0.25) is 0 Å². The Hall–Kier alpha value is -0.120. The Morgan fingerprint density at radius 1 is 1.30 bits per heavy atom. The van der Waals surface area contributed by atoms with Crippen molar-refractivity contribution in [2.24, 2.45) is 0 Å². The fourth-order valence-corrected chi connectivity index (χ4v) is 1.29. The van der Waals surface area contributed by atoms with E-state index in [1.165, 1.54) is 0 Å². The molecule has 0 aromatic carbocycles. The van der Waals surface area contributed by atoms with Crippen LogP contribution in [-0.4, -0.2) is 33.1 Å². The summed E-state index contributed by atoms with van der Waals surface area (Å²) >= 11 is 0. The number of ether oxygens (including phenoxy) is 2. The Morgan fingerprint density at radius 3 is 1.90 bits per heavy atom. The van der Waals surface area contributed by atoms with E-state index >= 15 is 0 Å². The Morgan fingerprint density at radius 2 is 1.80 bits per heavy atom. The van der Waals surface area contributed by atoms with E-state index in [2.05, 4.69) is 5.32 Å². The van der Waals surface area contributed by atoms with Crippen molar-refractivity contribution in [3.05, 3.63) is 0 Å². The van der Waals surface area contributed by atoms with Gasteiger partial charge >= 0.3 is 0 Å². The van der Waals surface area contributed by atoms with E-state index in [0.717, 1.165) is 12.8 Å². The fourth-order valence-electron chi connectivity index (χ4n) is 1.29. The number of likely N-dealkylation sites (N-methyl/N-ethyl adjacent to an activating group) is 1. The predicted molar refractivity (Wildman–Crippen MR) is 38.8 cm³/mol. The molecule has 0 aromatic rings. The summed E-state index contributed by atoms with van der Waals surface area (Å²) in [5, 5.41) is 3.20. The van der Waals surface area contributed by atoms with Crippen molar-refractivity contribution in [2.75, 3.05) is 21.3 Å². The molecule has 3 heteroatoms. The van der Waals surface area contributed by atoms with Gasteiger partial charge in [-0.3, -0.25) is 0 Å². The average Bonchev–Trinajstić information content (AvgIpc) is 2.72. The van der Waals surface area contributed by atoms with Crippen molar-refractivity contribution in [1.29, 1.82) is 0 Å². The van der Waals surface area contributed by atoms with Gasteiger partial charge in [0.25, 0.3) is 0 Å². The summed E-state index contributed by atoms with van der Waals surface area (Å²) < 4.78 is 10.3. The van der Waals surface area contributed by atoms with Gasteiger partial charge in [0, 0.05) is 14.2 Å². The highest BCUT2D eigenvalue weighted by molar-refractivity contribution is 5.03. The summed E-state index contributed by atoms with van der Waals surface area (Å²) in [6.07, 6.45) is 2.21. The molecule has 1 aliphatic carbocycles. The lowest BCUT2D eigenvalue weighted by atomic mass is 10.2. The van der Waals surface area contributed by atoms with Crippen LogP contribution in [0.2, 0.25) is 0 Å². The molecule has 1 aliphatic rings. The lowest BCUT2D eigenvalue weighted by molar-refractivity contribution is -0.129. The van der Waals surface area contributed by atoms with Crippen LogP contribution in [0.3, 0.4) is 0 Å². The third-order valence-electron chi connectivity index (χ3n) is 2.17. The monoisotopic (exact) mass is 145 g/mol. The molecule has 0 spiro atoms. The normalized spacial score (nSPS) is 21.6. The first-order valence-electron chi connectivity index (χ1n) is 3.53. The highest BCUT2D eigenvalue weighted by atomic mass is 16.7. The van der Waals surface area contributed by atoms with Gasteiger partial charge in [-0.25, -0.2) is 0 Å². The van der Waals surface area contributed by atoms with Crippen molar-refractivity contribution in [2.45, 2.75) is 24.7 Å². The maximum Gasteiger partial charge on any atom is 0.174 e. The highest BCUT2D eigenvalue weighted by Crippen LogP contribution is 2.39. The summed E-state index contributed by atoms with van der Waals surface area (Å²) in [6.45, 7) is 0. The van der Waals surface area contributed by atoms with Crippen LogP contribution >= 0.6 is 0 Å². The van der Waals surface area contributed by atoms with Gasteiger partial charge in [0.1, 0.15) is 0 Å². The standard InChI is InChI=1S/C7H15NO2/c1-8-7(4-5-7)6(9-2)10-3/h6,8H,4-5H2,1-3H3. The van der Waals surface area contributed by atoms with Gasteiger partial charge in [0.15, 0.2) is 6.29 Å². The first-order chi connectivity index (χ1) is 4.79. The van der Waals surface area contributed by atoms with E-state index in [9.17, 15) is 0 Å². The van der Waals surface area contributed by atoms with Crippen molar-refractivity contribution in [1.82, 2.24) is 5.32 Å². The lowest BCUT2D eigenvalue weighted by Crippen LogP contribution is -2.42. The van der Waals surface area contributed by atoms with E-state index in [-0.39, 0.29) is 11.8 Å². The topological polar surface area (TPSA) is 30.5 Å². The zero-order valence-corrected chi connectivity index (χ0v) is 6.81. The van der Waals surface area contributed by atoms with Crippen molar-refractivity contribution >= 4 is 0 Å². The van der Waals surface area contributed by atoms with Crippen LogP contribution in [0.1, 0.15) is 12.8 Å². The molecule has 1 fully saturated rings. The molecule has 60 valence electrons. The first-order valence-corrected chi connectivity index (χ1v) is 3.53. The van der Waals surface area contributed by atoms with Crippen molar-refractivity contribution in [3.63, 3.8) is 0 Å². The summed E-state index contributed by atoms with van der Waals surface area (Å²) in [6, 6.07) is 0. The molecule has 3 nitrogen and oxygen atoms in total. The quantitative estimate of drug-likeness (QED) is 0.579. The van der Waals surface area contributed by atoms with Crippen LogP contribution < -0.4 is 5.32 Å². The van der Waals surface area contributed by atoms with E-state index in [1.807, 2.05) is 7.05 Å². The molecule has 0 aliphatic heterocycles. The Labute approximate surface area is 61.7 Å². The second-order valence-electron chi connectivity index (χ2n) is 2.71. The molecule has 0 radical (unpaired) electrons. The molecule has 0 heterocycles. The summed E-state index contributed by atoms with van der Waals surface area (Å²) in [7, 11) is 5.29.